The molecule has 2 aromatic carbocycles. The van der Waals surface area contributed by atoms with Crippen molar-refractivity contribution < 1.29 is 14.3 Å². The average molecular weight is 314 g/mol. The number of oxazole rings is 1. The minimum absolute atomic E-state index is 0. The first kappa shape index (κ1) is 17.8. The van der Waals surface area contributed by atoms with E-state index in [1.54, 1.807) is 18.2 Å². The molecule has 6 heteroatoms. The fraction of sp³-hybridized carbons (Fsp3) is 0.167. The van der Waals surface area contributed by atoms with Crippen LogP contribution in [0.25, 0.3) is 22.6 Å². The summed E-state index contributed by atoms with van der Waals surface area (Å²) in [5, 5.41) is 18.1. The number of fused-ring (bicyclic) bond motifs is 1. The van der Waals surface area contributed by atoms with Crippen molar-refractivity contribution in [2.24, 2.45) is 0 Å². The van der Waals surface area contributed by atoms with Gasteiger partial charge in [0.05, 0.1) is 17.2 Å². The zero-order valence-electron chi connectivity index (χ0n) is 12.7. The number of aromatic nitrogens is 1. The van der Waals surface area contributed by atoms with Crippen LogP contribution in [0.4, 0.5) is 0 Å². The van der Waals surface area contributed by atoms with Crippen LogP contribution in [0, 0.1) is 11.3 Å². The second-order valence-electron chi connectivity index (χ2n) is 5.58. The van der Waals surface area contributed by atoms with E-state index in [4.69, 9.17) is 14.8 Å². The zero-order chi connectivity index (χ0) is 16.6. The molecule has 0 aliphatic rings. The number of hydrogen-bond acceptors (Lipinski definition) is 4. The predicted octanol–water partition coefficient (Wildman–Crippen LogP) is 3.54. The van der Waals surface area contributed by atoms with E-state index in [0.29, 0.717) is 28.1 Å². The molecule has 24 heavy (non-hydrogen) atoms. The van der Waals surface area contributed by atoms with Crippen molar-refractivity contribution >= 4 is 35.9 Å². The molecule has 0 fully saturated rings. The molecule has 3 aromatic rings. The first-order valence-electron chi connectivity index (χ1n) is 7.18. The summed E-state index contributed by atoms with van der Waals surface area (Å²) < 4.78 is 5.88. The second kappa shape index (κ2) is 6.93. The molecule has 3 rings (SSSR count). The Hall–Kier alpha value is -2.53. The summed E-state index contributed by atoms with van der Waals surface area (Å²) in [6.45, 7) is 4.06. The Balaban J connectivity index is 0.00000208. The summed E-state index contributed by atoms with van der Waals surface area (Å²) in [5.74, 6) is -0.371. The molecule has 0 amide bonds. The van der Waals surface area contributed by atoms with Crippen molar-refractivity contribution in [2.75, 3.05) is 0 Å². The summed E-state index contributed by atoms with van der Waals surface area (Å²) in [7, 11) is 0. The van der Waals surface area contributed by atoms with Crippen LogP contribution < -0.4 is 0 Å². The van der Waals surface area contributed by atoms with Crippen LogP contribution in [0.1, 0.15) is 41.3 Å². The fourth-order valence-electron chi connectivity index (χ4n) is 2.43. The van der Waals surface area contributed by atoms with E-state index in [1.807, 2.05) is 19.9 Å². The number of benzene rings is 2. The topological polar surface area (TPSA) is 87.1 Å². The average Bonchev–Trinajstić information content (AvgIpc) is 2.97. The van der Waals surface area contributed by atoms with Gasteiger partial charge in [0.2, 0.25) is 5.89 Å². The Morgan fingerprint density at radius 3 is 2.46 bits per heavy atom. The van der Waals surface area contributed by atoms with Crippen LogP contribution >= 0.6 is 0 Å². The van der Waals surface area contributed by atoms with Crippen molar-refractivity contribution in [1.82, 2.24) is 4.98 Å². The molecule has 0 saturated heterocycles. The number of nitrogens with zero attached hydrogens (tertiary/aromatic N) is 2. The molecule has 0 aliphatic carbocycles. The monoisotopic (exact) mass is 314 g/mol. The van der Waals surface area contributed by atoms with Gasteiger partial charge in [0, 0.05) is 11.1 Å². The number of rotatable bonds is 3. The van der Waals surface area contributed by atoms with Crippen molar-refractivity contribution in [2.45, 2.75) is 19.8 Å². The van der Waals surface area contributed by atoms with Gasteiger partial charge in [-0.2, -0.15) is 5.26 Å². The molecule has 0 unspecified atom stereocenters. The van der Waals surface area contributed by atoms with Gasteiger partial charge in [-0.25, -0.2) is 9.78 Å². The Bertz CT molecular complexity index is 937. The van der Waals surface area contributed by atoms with Gasteiger partial charge in [-0.15, -0.1) is 0 Å². The van der Waals surface area contributed by atoms with E-state index >= 15 is 0 Å². The molecule has 0 spiro atoms. The fourth-order valence-corrected chi connectivity index (χ4v) is 2.43. The first-order chi connectivity index (χ1) is 11.0. The molecule has 1 N–H and O–H groups in total. The number of hydrogen-bond donors (Lipinski definition) is 1. The molecular weight excluding hydrogens is 299 g/mol. The van der Waals surface area contributed by atoms with E-state index < -0.39 is 5.97 Å². The molecule has 116 valence electrons. The molecular formula is C18H15LiN2O3. The van der Waals surface area contributed by atoms with Crippen molar-refractivity contribution in [1.29, 1.82) is 5.26 Å². The van der Waals surface area contributed by atoms with Crippen LogP contribution in [0.15, 0.2) is 40.8 Å². The molecule has 0 saturated carbocycles. The van der Waals surface area contributed by atoms with Gasteiger partial charge in [-0.05, 0) is 42.3 Å². The molecule has 5 nitrogen and oxygen atoms in total. The van der Waals surface area contributed by atoms with E-state index in [2.05, 4.69) is 11.1 Å². The van der Waals surface area contributed by atoms with Crippen LogP contribution in [0.5, 0.6) is 0 Å². The standard InChI is InChI=1S/C18H14N2O3.Li.H/c1-10(2)14-7-11(9-19)8-15-16(14)23-17(20-15)12-3-5-13(6-4-12)18(21)22;;/h3-8,10H,1-2H3,(H,21,22);;. The van der Waals surface area contributed by atoms with Gasteiger partial charge in [0.1, 0.15) is 5.52 Å². The molecule has 0 radical (unpaired) electrons. The van der Waals surface area contributed by atoms with E-state index in [0.717, 1.165) is 5.56 Å². The third-order valence-corrected chi connectivity index (χ3v) is 3.65. The molecule has 0 bridgehead atoms. The van der Waals surface area contributed by atoms with Crippen molar-refractivity contribution in [3.63, 3.8) is 0 Å². The van der Waals surface area contributed by atoms with Gasteiger partial charge < -0.3 is 9.52 Å². The Kier molecular flexibility index (Phi) is 5.14. The number of aromatic carboxylic acids is 1. The summed E-state index contributed by atoms with van der Waals surface area (Å²) >= 11 is 0. The zero-order valence-corrected chi connectivity index (χ0v) is 12.7. The van der Waals surface area contributed by atoms with Gasteiger partial charge in [-0.3, -0.25) is 0 Å². The normalized spacial score (nSPS) is 10.4. The Morgan fingerprint density at radius 1 is 1.25 bits per heavy atom. The summed E-state index contributed by atoms with van der Waals surface area (Å²) in [6.07, 6.45) is 0. The van der Waals surface area contributed by atoms with Crippen molar-refractivity contribution in [3.05, 3.63) is 53.1 Å². The number of carboxylic acid groups (broad SMARTS) is 1. The maximum atomic E-state index is 10.9. The second-order valence-corrected chi connectivity index (χ2v) is 5.58. The molecule has 0 aliphatic heterocycles. The number of nitriles is 1. The quantitative estimate of drug-likeness (QED) is 0.747. The third kappa shape index (κ3) is 3.21. The summed E-state index contributed by atoms with van der Waals surface area (Å²) in [5.41, 5.74) is 3.67. The number of carbonyl (C=O) groups is 1. The summed E-state index contributed by atoms with van der Waals surface area (Å²) in [6, 6.07) is 12.0. The van der Waals surface area contributed by atoms with E-state index in [1.165, 1.54) is 12.1 Å². The van der Waals surface area contributed by atoms with Crippen molar-refractivity contribution in [3.8, 4) is 17.5 Å². The maximum absolute atomic E-state index is 10.9. The van der Waals surface area contributed by atoms with Gasteiger partial charge >= 0.3 is 24.8 Å². The van der Waals surface area contributed by atoms with E-state index in [9.17, 15) is 4.79 Å². The third-order valence-electron chi connectivity index (χ3n) is 3.65. The molecule has 1 aromatic heterocycles. The molecule has 0 atom stereocenters. The SMILES string of the molecule is CC(C)c1cc(C#N)cc2nc(-c3ccc(C(=O)O)cc3)oc12.[LiH]. The van der Waals surface area contributed by atoms with Crippen LogP contribution in [0.3, 0.4) is 0 Å². The number of carboxylic acids is 1. The predicted molar refractivity (Wildman–Crippen MR) is 92.4 cm³/mol. The Morgan fingerprint density at radius 2 is 1.92 bits per heavy atom. The van der Waals surface area contributed by atoms with Crippen LogP contribution in [0.2, 0.25) is 0 Å². The van der Waals surface area contributed by atoms with Crippen LogP contribution in [-0.4, -0.2) is 34.9 Å². The minimum atomic E-state index is -0.977. The van der Waals surface area contributed by atoms with E-state index in [-0.39, 0.29) is 30.3 Å². The molecule has 1 heterocycles. The summed E-state index contributed by atoms with van der Waals surface area (Å²) in [4.78, 5) is 15.4. The van der Waals surface area contributed by atoms with Gasteiger partial charge in [0.25, 0.3) is 0 Å². The van der Waals surface area contributed by atoms with Gasteiger partial charge in [-0.1, -0.05) is 13.8 Å². The first-order valence-corrected chi connectivity index (χ1v) is 7.18. The van der Waals surface area contributed by atoms with Gasteiger partial charge in [0.15, 0.2) is 5.58 Å². The Labute approximate surface area is 151 Å². The van der Waals surface area contributed by atoms with Crippen LogP contribution in [-0.2, 0) is 0 Å².